The zero-order valence-corrected chi connectivity index (χ0v) is 12.3. The molecule has 1 amide bonds. The van der Waals surface area contributed by atoms with E-state index in [4.69, 9.17) is 5.11 Å². The molecule has 0 aliphatic heterocycles. The Balaban J connectivity index is 2.18. The van der Waals surface area contributed by atoms with Gasteiger partial charge in [-0.2, -0.15) is 0 Å². The minimum Gasteiger partial charge on any atom is -0.396 e. The Kier molecular flexibility index (Phi) is 4.14. The van der Waals surface area contributed by atoms with Crippen LogP contribution in [0.25, 0.3) is 10.9 Å². The van der Waals surface area contributed by atoms with E-state index in [1.54, 1.807) is 0 Å². The number of aromatic nitrogens is 1. The quantitative estimate of drug-likeness (QED) is 0.784. The zero-order valence-electron chi connectivity index (χ0n) is 12.3. The van der Waals surface area contributed by atoms with Gasteiger partial charge in [-0.05, 0) is 24.8 Å². The molecule has 0 saturated carbocycles. The molecule has 0 unspecified atom stereocenters. The lowest BCUT2D eigenvalue weighted by Gasteiger charge is -2.23. The first-order valence-corrected chi connectivity index (χ1v) is 6.91. The molecule has 0 saturated heterocycles. The van der Waals surface area contributed by atoms with Crippen molar-refractivity contribution in [1.82, 2.24) is 10.3 Å². The second-order valence-corrected chi connectivity index (χ2v) is 5.99. The van der Waals surface area contributed by atoms with E-state index in [0.717, 1.165) is 16.6 Å². The molecule has 0 radical (unpaired) electrons. The number of H-pyrrole nitrogens is 1. The number of hydrogen-bond donors (Lipinski definition) is 3. The number of para-hydroxylation sites is 1. The fourth-order valence-corrected chi connectivity index (χ4v) is 2.37. The number of benzene rings is 1. The maximum Gasteiger partial charge on any atom is 0.253 e. The number of carbonyl (C=O) groups excluding carboxylic acids is 1. The summed E-state index contributed by atoms with van der Waals surface area (Å²) in [5.41, 5.74) is 2.46. The van der Waals surface area contributed by atoms with Gasteiger partial charge < -0.3 is 15.4 Å². The second-order valence-electron chi connectivity index (χ2n) is 5.99. The molecule has 1 aromatic heterocycles. The Hall–Kier alpha value is -1.81. The summed E-state index contributed by atoms with van der Waals surface area (Å²) >= 11 is 0. The summed E-state index contributed by atoms with van der Waals surface area (Å²) in [4.78, 5) is 15.6. The predicted octanol–water partition coefficient (Wildman–Crippen LogP) is 2.61. The van der Waals surface area contributed by atoms with Crippen molar-refractivity contribution in [3.8, 4) is 0 Å². The van der Waals surface area contributed by atoms with Crippen LogP contribution in [0.3, 0.4) is 0 Å². The van der Waals surface area contributed by atoms with Crippen molar-refractivity contribution in [2.24, 2.45) is 5.41 Å². The van der Waals surface area contributed by atoms with E-state index in [0.29, 0.717) is 18.5 Å². The number of fused-ring (bicyclic) bond motifs is 1. The van der Waals surface area contributed by atoms with E-state index in [1.807, 2.05) is 45.0 Å². The molecule has 4 nitrogen and oxygen atoms in total. The molecule has 20 heavy (non-hydrogen) atoms. The van der Waals surface area contributed by atoms with E-state index >= 15 is 0 Å². The van der Waals surface area contributed by atoms with Crippen LogP contribution in [-0.2, 0) is 0 Å². The van der Waals surface area contributed by atoms with Crippen molar-refractivity contribution in [1.29, 1.82) is 0 Å². The van der Waals surface area contributed by atoms with Crippen LogP contribution < -0.4 is 5.32 Å². The number of aliphatic hydroxyl groups is 1. The van der Waals surface area contributed by atoms with Crippen molar-refractivity contribution >= 4 is 16.8 Å². The van der Waals surface area contributed by atoms with Gasteiger partial charge in [-0.25, -0.2) is 0 Å². The highest BCUT2D eigenvalue weighted by atomic mass is 16.3. The van der Waals surface area contributed by atoms with Gasteiger partial charge >= 0.3 is 0 Å². The largest absolute Gasteiger partial charge is 0.396 e. The monoisotopic (exact) mass is 274 g/mol. The van der Waals surface area contributed by atoms with Crippen LogP contribution in [0.15, 0.2) is 24.3 Å². The first kappa shape index (κ1) is 14.6. The van der Waals surface area contributed by atoms with E-state index in [9.17, 15) is 4.79 Å². The Labute approximate surface area is 119 Å². The summed E-state index contributed by atoms with van der Waals surface area (Å²) in [6.45, 7) is 6.66. The van der Waals surface area contributed by atoms with Crippen molar-refractivity contribution < 1.29 is 9.90 Å². The van der Waals surface area contributed by atoms with Crippen LogP contribution >= 0.6 is 0 Å². The summed E-state index contributed by atoms with van der Waals surface area (Å²) in [5.74, 6) is -0.0639. The molecule has 0 atom stereocenters. The summed E-state index contributed by atoms with van der Waals surface area (Å²) in [5, 5.41) is 12.9. The summed E-state index contributed by atoms with van der Waals surface area (Å²) < 4.78 is 0. The molecule has 1 aromatic carbocycles. The Morgan fingerprint density at radius 2 is 2.05 bits per heavy atom. The molecule has 2 rings (SSSR count). The number of aromatic amines is 1. The van der Waals surface area contributed by atoms with Crippen molar-refractivity contribution in [2.45, 2.75) is 27.2 Å². The van der Waals surface area contributed by atoms with E-state index in [2.05, 4.69) is 10.3 Å². The smallest absolute Gasteiger partial charge is 0.253 e. The molecule has 2 aromatic rings. The van der Waals surface area contributed by atoms with Crippen LogP contribution in [0.4, 0.5) is 0 Å². The number of carbonyl (C=O) groups is 1. The second kappa shape index (κ2) is 5.67. The maximum absolute atomic E-state index is 12.4. The lowest BCUT2D eigenvalue weighted by atomic mass is 9.89. The number of aliphatic hydroxyl groups excluding tert-OH is 1. The Bertz CT molecular complexity index is 614. The number of nitrogens with one attached hydrogen (secondary N) is 2. The third-order valence-corrected chi connectivity index (χ3v) is 3.64. The molecule has 0 aliphatic rings. The summed E-state index contributed by atoms with van der Waals surface area (Å²) in [7, 11) is 0. The minimum absolute atomic E-state index is 0.0639. The molecule has 108 valence electrons. The first-order valence-electron chi connectivity index (χ1n) is 6.91. The highest BCUT2D eigenvalue weighted by molar-refractivity contribution is 6.08. The lowest BCUT2D eigenvalue weighted by Crippen LogP contribution is -2.34. The number of aryl methyl sites for hydroxylation is 1. The molecule has 1 heterocycles. The molecule has 0 fully saturated rings. The van der Waals surface area contributed by atoms with Crippen LogP contribution in [0.2, 0.25) is 0 Å². The van der Waals surface area contributed by atoms with Crippen LogP contribution in [0.1, 0.15) is 36.3 Å². The van der Waals surface area contributed by atoms with Gasteiger partial charge in [-0.15, -0.1) is 0 Å². The fourth-order valence-electron chi connectivity index (χ4n) is 2.37. The zero-order chi connectivity index (χ0) is 14.8. The summed E-state index contributed by atoms with van der Waals surface area (Å²) in [6, 6.07) is 7.80. The molecular weight excluding hydrogens is 252 g/mol. The van der Waals surface area contributed by atoms with Gasteiger partial charge in [0.2, 0.25) is 0 Å². The normalized spacial score (nSPS) is 11.8. The third kappa shape index (κ3) is 3.02. The minimum atomic E-state index is -0.107. The average Bonchev–Trinajstić information content (AvgIpc) is 2.72. The predicted molar refractivity (Wildman–Crippen MR) is 80.9 cm³/mol. The molecule has 4 heteroatoms. The van der Waals surface area contributed by atoms with Gasteiger partial charge in [-0.3, -0.25) is 4.79 Å². The topological polar surface area (TPSA) is 65.1 Å². The van der Waals surface area contributed by atoms with Gasteiger partial charge in [0.15, 0.2) is 0 Å². The number of hydrogen-bond acceptors (Lipinski definition) is 2. The molecule has 3 N–H and O–H groups in total. The third-order valence-electron chi connectivity index (χ3n) is 3.64. The van der Waals surface area contributed by atoms with Crippen molar-refractivity contribution in [3.63, 3.8) is 0 Å². The van der Waals surface area contributed by atoms with Crippen molar-refractivity contribution in [2.75, 3.05) is 13.2 Å². The van der Waals surface area contributed by atoms with E-state index in [-0.39, 0.29) is 17.9 Å². The van der Waals surface area contributed by atoms with Gasteiger partial charge in [0.25, 0.3) is 5.91 Å². The average molecular weight is 274 g/mol. The van der Waals surface area contributed by atoms with E-state index in [1.165, 1.54) is 0 Å². The number of rotatable bonds is 5. The number of amides is 1. The Morgan fingerprint density at radius 1 is 1.35 bits per heavy atom. The van der Waals surface area contributed by atoms with Crippen LogP contribution in [-0.4, -0.2) is 29.1 Å². The van der Waals surface area contributed by atoms with Crippen LogP contribution in [0, 0.1) is 12.3 Å². The fraction of sp³-hybridized carbons (Fsp3) is 0.438. The van der Waals surface area contributed by atoms with Crippen LogP contribution in [0.5, 0.6) is 0 Å². The highest BCUT2D eigenvalue weighted by Gasteiger charge is 2.21. The van der Waals surface area contributed by atoms with Gasteiger partial charge in [0, 0.05) is 29.7 Å². The lowest BCUT2D eigenvalue weighted by molar-refractivity contribution is 0.0929. The maximum atomic E-state index is 12.4. The Morgan fingerprint density at radius 3 is 2.75 bits per heavy atom. The SMILES string of the molecule is Cc1[nH]c2ccccc2c1C(=O)NCC(C)(C)CCO. The summed E-state index contributed by atoms with van der Waals surface area (Å²) in [6.07, 6.45) is 0.667. The van der Waals surface area contributed by atoms with Gasteiger partial charge in [-0.1, -0.05) is 32.0 Å². The van der Waals surface area contributed by atoms with Gasteiger partial charge in [0.05, 0.1) is 5.56 Å². The molecule has 0 aliphatic carbocycles. The first-order chi connectivity index (χ1) is 9.44. The molecular formula is C16H22N2O2. The van der Waals surface area contributed by atoms with Crippen molar-refractivity contribution in [3.05, 3.63) is 35.5 Å². The molecule has 0 spiro atoms. The standard InChI is InChI=1S/C16H22N2O2/c1-11-14(12-6-4-5-7-13(12)18-11)15(20)17-10-16(2,3)8-9-19/h4-7,18-19H,8-10H2,1-3H3,(H,17,20). The van der Waals surface area contributed by atoms with Gasteiger partial charge in [0.1, 0.15) is 0 Å². The molecule has 0 bridgehead atoms. The highest BCUT2D eigenvalue weighted by Crippen LogP contribution is 2.23. The van der Waals surface area contributed by atoms with E-state index < -0.39 is 0 Å².